The Labute approximate surface area is 124 Å². The van der Waals surface area contributed by atoms with Crippen molar-refractivity contribution in [3.05, 3.63) is 35.4 Å². The second-order valence-electron chi connectivity index (χ2n) is 5.69. The molecule has 1 N–H and O–H groups in total. The molecular weight excluding hydrogens is 246 g/mol. The number of benzene rings is 1. The van der Waals surface area contributed by atoms with Crippen LogP contribution in [0.5, 0.6) is 0 Å². The maximum absolute atomic E-state index is 6.03. The Hall–Kier alpha value is -0.860. The molecule has 20 heavy (non-hydrogen) atoms. The van der Waals surface area contributed by atoms with Crippen LogP contribution in [0, 0.1) is 5.92 Å². The van der Waals surface area contributed by atoms with E-state index in [0.29, 0.717) is 5.92 Å². The van der Waals surface area contributed by atoms with Crippen molar-refractivity contribution < 1.29 is 4.74 Å². The molecule has 0 amide bonds. The Morgan fingerprint density at radius 3 is 2.45 bits per heavy atom. The van der Waals surface area contributed by atoms with Crippen LogP contribution in [0.3, 0.4) is 0 Å². The molecule has 0 aliphatic heterocycles. The molecule has 0 fully saturated rings. The lowest BCUT2D eigenvalue weighted by atomic mass is 9.92. The number of hydrogen-bond acceptors (Lipinski definition) is 2. The summed E-state index contributed by atoms with van der Waals surface area (Å²) < 4.78 is 6.03. The second kappa shape index (κ2) is 9.15. The molecule has 2 unspecified atom stereocenters. The van der Waals surface area contributed by atoms with Crippen LogP contribution in [0.15, 0.2) is 24.3 Å². The van der Waals surface area contributed by atoms with E-state index in [-0.39, 0.29) is 12.1 Å². The summed E-state index contributed by atoms with van der Waals surface area (Å²) in [6, 6.07) is 9.19. The predicted octanol–water partition coefficient (Wildman–Crippen LogP) is 4.35. The van der Waals surface area contributed by atoms with Crippen LogP contribution < -0.4 is 5.32 Å². The van der Waals surface area contributed by atoms with Gasteiger partial charge in [0, 0.05) is 6.61 Å². The van der Waals surface area contributed by atoms with Gasteiger partial charge in [0.05, 0.1) is 12.1 Å². The third-order valence-corrected chi connectivity index (χ3v) is 3.68. The van der Waals surface area contributed by atoms with Crippen LogP contribution in [0.2, 0.25) is 0 Å². The summed E-state index contributed by atoms with van der Waals surface area (Å²) in [4.78, 5) is 0. The Kier molecular flexibility index (Phi) is 7.86. The topological polar surface area (TPSA) is 21.3 Å². The van der Waals surface area contributed by atoms with Gasteiger partial charge in [0.2, 0.25) is 0 Å². The minimum absolute atomic E-state index is 0.221. The summed E-state index contributed by atoms with van der Waals surface area (Å²) in [5.41, 5.74) is 2.75. The summed E-state index contributed by atoms with van der Waals surface area (Å²) in [6.07, 6.45) is 2.44. The monoisotopic (exact) mass is 277 g/mol. The van der Waals surface area contributed by atoms with E-state index >= 15 is 0 Å². The first kappa shape index (κ1) is 17.2. The number of aryl methyl sites for hydroxylation is 1. The van der Waals surface area contributed by atoms with Crippen molar-refractivity contribution in [3.63, 3.8) is 0 Å². The summed E-state index contributed by atoms with van der Waals surface area (Å²) >= 11 is 0. The van der Waals surface area contributed by atoms with Gasteiger partial charge in [-0.15, -0.1) is 0 Å². The van der Waals surface area contributed by atoms with Crippen molar-refractivity contribution in [1.29, 1.82) is 0 Å². The standard InChI is InChI=1S/C18H31NO/c1-6-12-19-17(18(14(4)5)20-8-3)16-11-9-10-15(7-2)13-16/h9-11,13-14,17-19H,6-8,12H2,1-5H3. The number of ether oxygens (including phenoxy) is 1. The maximum Gasteiger partial charge on any atom is 0.0792 e. The van der Waals surface area contributed by atoms with Gasteiger partial charge in [-0.2, -0.15) is 0 Å². The molecule has 0 saturated carbocycles. The van der Waals surface area contributed by atoms with Crippen molar-refractivity contribution >= 4 is 0 Å². The van der Waals surface area contributed by atoms with E-state index in [1.807, 2.05) is 0 Å². The van der Waals surface area contributed by atoms with Gasteiger partial charge in [-0.25, -0.2) is 0 Å². The minimum atomic E-state index is 0.221. The number of nitrogens with one attached hydrogen (secondary N) is 1. The zero-order chi connectivity index (χ0) is 15.0. The predicted molar refractivity (Wildman–Crippen MR) is 87.1 cm³/mol. The molecular formula is C18H31NO. The molecule has 0 bridgehead atoms. The zero-order valence-corrected chi connectivity index (χ0v) is 13.8. The van der Waals surface area contributed by atoms with Gasteiger partial charge in [0.25, 0.3) is 0 Å². The third kappa shape index (κ3) is 4.92. The van der Waals surface area contributed by atoms with Gasteiger partial charge in [-0.1, -0.05) is 52.0 Å². The molecule has 114 valence electrons. The van der Waals surface area contributed by atoms with Crippen LogP contribution in [0.4, 0.5) is 0 Å². The Morgan fingerprint density at radius 2 is 1.90 bits per heavy atom. The number of rotatable bonds is 9. The van der Waals surface area contributed by atoms with Gasteiger partial charge >= 0.3 is 0 Å². The molecule has 0 heterocycles. The quantitative estimate of drug-likeness (QED) is 0.724. The highest BCUT2D eigenvalue weighted by atomic mass is 16.5. The lowest BCUT2D eigenvalue weighted by Gasteiger charge is -2.31. The number of hydrogen-bond donors (Lipinski definition) is 1. The Morgan fingerprint density at radius 1 is 1.15 bits per heavy atom. The lowest BCUT2D eigenvalue weighted by Crippen LogP contribution is -2.37. The SMILES string of the molecule is CCCNC(c1cccc(CC)c1)C(OCC)C(C)C. The van der Waals surface area contributed by atoms with Gasteiger partial charge in [0.15, 0.2) is 0 Å². The summed E-state index contributed by atoms with van der Waals surface area (Å²) in [6.45, 7) is 12.8. The van der Waals surface area contributed by atoms with Gasteiger partial charge < -0.3 is 10.1 Å². The maximum atomic E-state index is 6.03. The fourth-order valence-electron chi connectivity index (χ4n) is 2.60. The first-order chi connectivity index (χ1) is 9.63. The molecule has 0 saturated heterocycles. The molecule has 2 heteroatoms. The van der Waals surface area contributed by atoms with E-state index in [2.05, 4.69) is 64.2 Å². The van der Waals surface area contributed by atoms with Crippen LogP contribution >= 0.6 is 0 Å². The molecule has 2 nitrogen and oxygen atoms in total. The highest BCUT2D eigenvalue weighted by Crippen LogP contribution is 2.26. The van der Waals surface area contributed by atoms with E-state index in [1.165, 1.54) is 11.1 Å². The fourth-order valence-corrected chi connectivity index (χ4v) is 2.60. The second-order valence-corrected chi connectivity index (χ2v) is 5.69. The Bertz CT molecular complexity index is 375. The van der Waals surface area contributed by atoms with Gasteiger partial charge in [-0.3, -0.25) is 0 Å². The molecule has 1 aromatic carbocycles. The molecule has 0 aliphatic rings. The normalized spacial score (nSPS) is 14.5. The smallest absolute Gasteiger partial charge is 0.0792 e. The van der Waals surface area contributed by atoms with E-state index in [0.717, 1.165) is 26.0 Å². The van der Waals surface area contributed by atoms with Crippen LogP contribution in [0.25, 0.3) is 0 Å². The average molecular weight is 277 g/mol. The van der Waals surface area contributed by atoms with E-state index in [1.54, 1.807) is 0 Å². The minimum Gasteiger partial charge on any atom is -0.376 e. The first-order valence-corrected chi connectivity index (χ1v) is 8.07. The molecule has 2 atom stereocenters. The van der Waals surface area contributed by atoms with E-state index in [9.17, 15) is 0 Å². The fraction of sp³-hybridized carbons (Fsp3) is 0.667. The molecule has 1 aromatic rings. The molecule has 1 rings (SSSR count). The Balaban J connectivity index is 3.01. The largest absolute Gasteiger partial charge is 0.376 e. The first-order valence-electron chi connectivity index (χ1n) is 8.07. The van der Waals surface area contributed by atoms with Crippen molar-refractivity contribution in [1.82, 2.24) is 5.32 Å². The third-order valence-electron chi connectivity index (χ3n) is 3.68. The molecule has 0 aromatic heterocycles. The zero-order valence-electron chi connectivity index (χ0n) is 13.8. The lowest BCUT2D eigenvalue weighted by molar-refractivity contribution is 0.00282. The summed E-state index contributed by atoms with van der Waals surface area (Å²) in [7, 11) is 0. The van der Waals surface area contributed by atoms with E-state index < -0.39 is 0 Å². The van der Waals surface area contributed by atoms with Crippen LogP contribution in [-0.4, -0.2) is 19.3 Å². The summed E-state index contributed by atoms with van der Waals surface area (Å²) in [5, 5.41) is 3.68. The van der Waals surface area contributed by atoms with Crippen LogP contribution in [0.1, 0.15) is 58.2 Å². The van der Waals surface area contributed by atoms with Crippen molar-refractivity contribution in [2.45, 2.75) is 59.6 Å². The van der Waals surface area contributed by atoms with Crippen molar-refractivity contribution in [2.24, 2.45) is 5.92 Å². The molecule has 0 spiro atoms. The van der Waals surface area contributed by atoms with Crippen LogP contribution in [-0.2, 0) is 11.2 Å². The molecule has 0 radical (unpaired) electrons. The summed E-state index contributed by atoms with van der Waals surface area (Å²) in [5.74, 6) is 0.495. The van der Waals surface area contributed by atoms with Gasteiger partial charge in [-0.05, 0) is 43.4 Å². The highest BCUT2D eigenvalue weighted by Gasteiger charge is 2.26. The van der Waals surface area contributed by atoms with E-state index in [4.69, 9.17) is 4.74 Å². The molecule has 0 aliphatic carbocycles. The highest BCUT2D eigenvalue weighted by molar-refractivity contribution is 5.27. The average Bonchev–Trinajstić information content (AvgIpc) is 2.46. The van der Waals surface area contributed by atoms with Gasteiger partial charge in [0.1, 0.15) is 0 Å². The van der Waals surface area contributed by atoms with Crippen molar-refractivity contribution in [2.75, 3.05) is 13.2 Å². The van der Waals surface area contributed by atoms with Crippen molar-refractivity contribution in [3.8, 4) is 0 Å².